The standard InChI is InChI=1S/C11H23NS2/c1-9(2)4-3-5-10(12)11-8-13-6-7-14-11/h9-11H,3-8,12H2,1-2H3. The quantitative estimate of drug-likeness (QED) is 0.790. The normalized spacial score (nSPS) is 25.3. The summed E-state index contributed by atoms with van der Waals surface area (Å²) >= 11 is 4.15. The zero-order valence-electron chi connectivity index (χ0n) is 9.37. The molecule has 2 N–H and O–H groups in total. The van der Waals surface area contributed by atoms with Gasteiger partial charge in [0.15, 0.2) is 0 Å². The average molecular weight is 233 g/mol. The minimum absolute atomic E-state index is 0.437. The van der Waals surface area contributed by atoms with E-state index in [1.807, 2.05) is 0 Å². The van der Waals surface area contributed by atoms with E-state index in [1.54, 1.807) is 0 Å². The molecular weight excluding hydrogens is 210 g/mol. The van der Waals surface area contributed by atoms with Gasteiger partial charge in [-0.3, -0.25) is 0 Å². The summed E-state index contributed by atoms with van der Waals surface area (Å²) in [6.45, 7) is 4.58. The van der Waals surface area contributed by atoms with Gasteiger partial charge in [-0.25, -0.2) is 0 Å². The SMILES string of the molecule is CC(C)CCCC(N)C1CSCCS1. The molecule has 1 aliphatic rings. The van der Waals surface area contributed by atoms with E-state index in [9.17, 15) is 0 Å². The Morgan fingerprint density at radius 3 is 2.64 bits per heavy atom. The lowest BCUT2D eigenvalue weighted by Crippen LogP contribution is -2.36. The molecule has 0 aromatic carbocycles. The lowest BCUT2D eigenvalue weighted by molar-refractivity contribution is 0.496. The van der Waals surface area contributed by atoms with Crippen LogP contribution in [-0.2, 0) is 0 Å². The van der Waals surface area contributed by atoms with Crippen LogP contribution in [0.2, 0.25) is 0 Å². The van der Waals surface area contributed by atoms with Gasteiger partial charge in [0, 0.05) is 28.6 Å². The molecule has 0 saturated carbocycles. The van der Waals surface area contributed by atoms with Crippen LogP contribution in [0.25, 0.3) is 0 Å². The zero-order valence-corrected chi connectivity index (χ0v) is 11.0. The van der Waals surface area contributed by atoms with E-state index >= 15 is 0 Å². The van der Waals surface area contributed by atoms with Crippen LogP contribution in [0.5, 0.6) is 0 Å². The molecule has 0 spiro atoms. The van der Waals surface area contributed by atoms with Crippen molar-refractivity contribution >= 4 is 23.5 Å². The second-order valence-corrected chi connectivity index (χ2v) is 6.97. The smallest absolute Gasteiger partial charge is 0.0289 e. The third-order valence-corrected chi connectivity index (χ3v) is 5.58. The predicted molar refractivity (Wildman–Crippen MR) is 70.2 cm³/mol. The van der Waals surface area contributed by atoms with Crippen LogP contribution < -0.4 is 5.73 Å². The zero-order chi connectivity index (χ0) is 10.4. The van der Waals surface area contributed by atoms with E-state index in [1.165, 1.54) is 36.5 Å². The predicted octanol–water partition coefficient (Wildman–Crippen LogP) is 2.99. The number of rotatable bonds is 5. The highest BCUT2D eigenvalue weighted by molar-refractivity contribution is 8.06. The Morgan fingerprint density at radius 2 is 2.07 bits per heavy atom. The Bertz CT molecular complexity index is 144. The molecule has 1 aliphatic heterocycles. The lowest BCUT2D eigenvalue weighted by atomic mass is 10.0. The van der Waals surface area contributed by atoms with Crippen LogP contribution in [0.3, 0.4) is 0 Å². The Balaban J connectivity index is 2.10. The van der Waals surface area contributed by atoms with E-state index < -0.39 is 0 Å². The van der Waals surface area contributed by atoms with Gasteiger partial charge in [0.25, 0.3) is 0 Å². The molecule has 0 aromatic heterocycles. The largest absolute Gasteiger partial charge is 0.327 e. The molecule has 84 valence electrons. The number of nitrogens with two attached hydrogens (primary N) is 1. The molecule has 1 nitrogen and oxygen atoms in total. The average Bonchev–Trinajstić information content (AvgIpc) is 2.18. The summed E-state index contributed by atoms with van der Waals surface area (Å²) in [7, 11) is 0. The summed E-state index contributed by atoms with van der Waals surface area (Å²) in [5.41, 5.74) is 6.20. The van der Waals surface area contributed by atoms with Gasteiger partial charge in [-0.05, 0) is 12.3 Å². The summed E-state index contributed by atoms with van der Waals surface area (Å²) in [6.07, 6.45) is 3.86. The van der Waals surface area contributed by atoms with Crippen LogP contribution >= 0.6 is 23.5 Å². The van der Waals surface area contributed by atoms with E-state index in [0.717, 1.165) is 11.2 Å². The molecule has 3 heteroatoms. The molecule has 0 aliphatic carbocycles. The molecule has 1 fully saturated rings. The third kappa shape index (κ3) is 4.94. The highest BCUT2D eigenvalue weighted by Crippen LogP contribution is 2.27. The van der Waals surface area contributed by atoms with Crippen molar-refractivity contribution in [1.82, 2.24) is 0 Å². The van der Waals surface area contributed by atoms with Crippen LogP contribution in [0.1, 0.15) is 33.1 Å². The van der Waals surface area contributed by atoms with Crippen molar-refractivity contribution in [3.8, 4) is 0 Å². The molecule has 2 unspecified atom stereocenters. The minimum Gasteiger partial charge on any atom is -0.327 e. The maximum atomic E-state index is 6.20. The minimum atomic E-state index is 0.437. The van der Waals surface area contributed by atoms with E-state index in [-0.39, 0.29) is 0 Å². The number of hydrogen-bond acceptors (Lipinski definition) is 3. The van der Waals surface area contributed by atoms with E-state index in [0.29, 0.717) is 6.04 Å². The Morgan fingerprint density at radius 1 is 1.29 bits per heavy atom. The summed E-state index contributed by atoms with van der Waals surface area (Å²) in [6, 6.07) is 0.437. The summed E-state index contributed by atoms with van der Waals surface area (Å²) in [5.74, 6) is 4.72. The molecule has 14 heavy (non-hydrogen) atoms. The van der Waals surface area contributed by atoms with Gasteiger partial charge in [-0.1, -0.05) is 26.7 Å². The summed E-state index contributed by atoms with van der Waals surface area (Å²) in [4.78, 5) is 0. The van der Waals surface area contributed by atoms with E-state index in [2.05, 4.69) is 37.4 Å². The lowest BCUT2D eigenvalue weighted by Gasteiger charge is -2.26. The third-order valence-electron chi connectivity index (χ3n) is 2.64. The molecule has 2 atom stereocenters. The Labute approximate surface area is 97.0 Å². The molecule has 0 radical (unpaired) electrons. The van der Waals surface area contributed by atoms with Gasteiger partial charge in [0.05, 0.1) is 0 Å². The Hall–Kier alpha value is 0.660. The van der Waals surface area contributed by atoms with Crippen molar-refractivity contribution in [3.05, 3.63) is 0 Å². The summed E-state index contributed by atoms with van der Waals surface area (Å²) in [5, 5.41) is 0.723. The second-order valence-electron chi connectivity index (χ2n) is 4.47. The summed E-state index contributed by atoms with van der Waals surface area (Å²) < 4.78 is 0. The van der Waals surface area contributed by atoms with Crippen LogP contribution in [0.4, 0.5) is 0 Å². The fourth-order valence-electron chi connectivity index (χ4n) is 1.70. The molecule has 0 amide bonds. The second kappa shape index (κ2) is 7.02. The topological polar surface area (TPSA) is 26.0 Å². The highest BCUT2D eigenvalue weighted by Gasteiger charge is 2.20. The molecule has 0 aromatic rings. The van der Waals surface area contributed by atoms with Crippen LogP contribution in [0.15, 0.2) is 0 Å². The fraction of sp³-hybridized carbons (Fsp3) is 1.00. The van der Waals surface area contributed by atoms with Crippen LogP contribution in [-0.4, -0.2) is 28.6 Å². The van der Waals surface area contributed by atoms with Crippen LogP contribution in [0, 0.1) is 5.92 Å². The molecule has 1 heterocycles. The highest BCUT2D eigenvalue weighted by atomic mass is 32.2. The first-order chi connectivity index (χ1) is 6.70. The first kappa shape index (κ1) is 12.7. The van der Waals surface area contributed by atoms with Crippen molar-refractivity contribution in [3.63, 3.8) is 0 Å². The van der Waals surface area contributed by atoms with Gasteiger partial charge >= 0.3 is 0 Å². The fourth-order valence-corrected chi connectivity index (χ4v) is 4.56. The molecule has 1 saturated heterocycles. The van der Waals surface area contributed by atoms with Gasteiger partial charge in [-0.15, -0.1) is 0 Å². The van der Waals surface area contributed by atoms with Crippen molar-refractivity contribution in [2.75, 3.05) is 17.3 Å². The molecule has 1 rings (SSSR count). The Kier molecular flexibility index (Phi) is 6.38. The molecular formula is C11H23NS2. The van der Waals surface area contributed by atoms with Gasteiger partial charge in [0.1, 0.15) is 0 Å². The molecule has 0 bridgehead atoms. The van der Waals surface area contributed by atoms with Crippen molar-refractivity contribution in [2.45, 2.75) is 44.4 Å². The van der Waals surface area contributed by atoms with Crippen molar-refractivity contribution in [1.29, 1.82) is 0 Å². The van der Waals surface area contributed by atoms with Gasteiger partial charge < -0.3 is 5.73 Å². The monoisotopic (exact) mass is 233 g/mol. The van der Waals surface area contributed by atoms with Gasteiger partial charge in [0.2, 0.25) is 0 Å². The number of hydrogen-bond donors (Lipinski definition) is 1. The first-order valence-corrected chi connectivity index (χ1v) is 7.85. The van der Waals surface area contributed by atoms with E-state index in [4.69, 9.17) is 5.73 Å². The maximum Gasteiger partial charge on any atom is 0.0289 e. The van der Waals surface area contributed by atoms with Gasteiger partial charge in [-0.2, -0.15) is 23.5 Å². The number of thioether (sulfide) groups is 2. The van der Waals surface area contributed by atoms with Crippen molar-refractivity contribution in [2.24, 2.45) is 11.7 Å². The first-order valence-electron chi connectivity index (χ1n) is 5.65. The maximum absolute atomic E-state index is 6.20. The van der Waals surface area contributed by atoms with Crippen molar-refractivity contribution < 1.29 is 0 Å².